The summed E-state index contributed by atoms with van der Waals surface area (Å²) in [4.78, 5) is 0. The second kappa shape index (κ2) is 10.9. The van der Waals surface area contributed by atoms with Gasteiger partial charge in [-0.15, -0.1) is 0 Å². The minimum absolute atomic E-state index is 0.474. The Morgan fingerprint density at radius 1 is 0.333 bits per heavy atom. The number of hydrogen-bond acceptors (Lipinski definition) is 4. The van der Waals surface area contributed by atoms with Crippen molar-refractivity contribution in [1.82, 2.24) is 0 Å². The van der Waals surface area contributed by atoms with Gasteiger partial charge in [-0.2, -0.15) is 10.5 Å². The van der Waals surface area contributed by atoms with Crippen LogP contribution >= 0.6 is 0 Å². The predicted molar refractivity (Wildman–Crippen MR) is 192 cm³/mol. The van der Waals surface area contributed by atoms with Crippen molar-refractivity contribution in [2.75, 3.05) is 0 Å². The van der Waals surface area contributed by atoms with E-state index < -0.39 is 0 Å². The van der Waals surface area contributed by atoms with E-state index in [2.05, 4.69) is 78.9 Å². The van der Waals surface area contributed by atoms with Gasteiger partial charge < -0.3 is 8.83 Å². The van der Waals surface area contributed by atoms with Gasteiger partial charge in [-0.25, -0.2) is 0 Å². The van der Waals surface area contributed by atoms with E-state index in [-0.39, 0.29) is 0 Å². The first-order valence-electron chi connectivity index (χ1n) is 15.7. The van der Waals surface area contributed by atoms with Crippen molar-refractivity contribution in [2.45, 2.75) is 0 Å². The van der Waals surface area contributed by atoms with Gasteiger partial charge in [0.1, 0.15) is 22.3 Å². The van der Waals surface area contributed by atoms with Crippen molar-refractivity contribution in [3.8, 4) is 56.6 Å². The SMILES string of the molecule is N#Cc1cccc(C#N)c1-c1cccc(-c2cc(-c3ccc4oc5ccccc5c4c3)cc(-c3ccc4oc5ccccc5c4c3)c2)c1. The second-order valence-corrected chi connectivity index (χ2v) is 11.9. The van der Waals surface area contributed by atoms with Crippen LogP contribution in [0, 0.1) is 22.7 Å². The van der Waals surface area contributed by atoms with Crippen LogP contribution < -0.4 is 0 Å². The maximum absolute atomic E-state index is 9.89. The summed E-state index contributed by atoms with van der Waals surface area (Å²) in [5.74, 6) is 0. The first-order valence-corrected chi connectivity index (χ1v) is 15.7. The molecule has 0 atom stereocenters. The lowest BCUT2D eigenvalue weighted by molar-refractivity contribution is 0.668. The fourth-order valence-electron chi connectivity index (χ4n) is 6.84. The molecule has 0 bridgehead atoms. The third-order valence-corrected chi connectivity index (χ3v) is 9.14. The summed E-state index contributed by atoms with van der Waals surface area (Å²) in [6.07, 6.45) is 0. The minimum atomic E-state index is 0.474. The first-order chi connectivity index (χ1) is 23.7. The summed E-state index contributed by atoms with van der Waals surface area (Å²) in [7, 11) is 0. The molecule has 0 N–H and O–H groups in total. The smallest absolute Gasteiger partial charge is 0.135 e. The third-order valence-electron chi connectivity index (χ3n) is 9.14. The number of nitriles is 2. The molecule has 0 fully saturated rings. The molecule has 4 nitrogen and oxygen atoms in total. The zero-order valence-electron chi connectivity index (χ0n) is 25.6. The van der Waals surface area contributed by atoms with E-state index in [1.54, 1.807) is 18.2 Å². The maximum Gasteiger partial charge on any atom is 0.135 e. The van der Waals surface area contributed by atoms with Crippen LogP contribution in [0.5, 0.6) is 0 Å². The molecule has 4 heteroatoms. The average Bonchev–Trinajstić information content (AvgIpc) is 3.72. The Kier molecular flexibility index (Phi) is 6.22. The molecule has 0 aliphatic heterocycles. The highest BCUT2D eigenvalue weighted by Crippen LogP contribution is 2.39. The zero-order chi connectivity index (χ0) is 32.2. The second-order valence-electron chi connectivity index (χ2n) is 11.9. The van der Waals surface area contributed by atoms with Crippen LogP contribution in [0.4, 0.5) is 0 Å². The normalized spacial score (nSPS) is 11.3. The van der Waals surface area contributed by atoms with Gasteiger partial charge in [0, 0.05) is 27.1 Å². The van der Waals surface area contributed by atoms with Crippen molar-refractivity contribution < 1.29 is 8.83 Å². The van der Waals surface area contributed by atoms with Gasteiger partial charge in [-0.05, 0) is 112 Å². The van der Waals surface area contributed by atoms with E-state index in [1.807, 2.05) is 60.7 Å². The van der Waals surface area contributed by atoms with E-state index in [1.165, 1.54) is 0 Å². The van der Waals surface area contributed by atoms with Gasteiger partial charge in [-0.1, -0.05) is 72.8 Å². The Morgan fingerprint density at radius 3 is 1.27 bits per heavy atom. The van der Waals surface area contributed by atoms with E-state index in [0.29, 0.717) is 16.7 Å². The Bertz CT molecular complexity index is 2660. The largest absolute Gasteiger partial charge is 0.456 e. The molecule has 9 rings (SSSR count). The van der Waals surface area contributed by atoms with Crippen molar-refractivity contribution in [3.05, 3.63) is 157 Å². The van der Waals surface area contributed by atoms with Crippen molar-refractivity contribution in [1.29, 1.82) is 10.5 Å². The number of rotatable bonds is 4. The van der Waals surface area contributed by atoms with E-state index >= 15 is 0 Å². The fraction of sp³-hybridized carbons (Fsp3) is 0. The van der Waals surface area contributed by atoms with Gasteiger partial charge in [-0.3, -0.25) is 0 Å². The predicted octanol–water partition coefficient (Wildman–Crippen LogP) is 11.9. The molecule has 0 saturated carbocycles. The highest BCUT2D eigenvalue weighted by atomic mass is 16.3. The van der Waals surface area contributed by atoms with Crippen molar-refractivity contribution >= 4 is 43.9 Å². The highest BCUT2D eigenvalue weighted by Gasteiger charge is 2.15. The molecule has 0 spiro atoms. The van der Waals surface area contributed by atoms with Crippen LogP contribution in [-0.4, -0.2) is 0 Å². The molecule has 2 heterocycles. The molecule has 7 aromatic carbocycles. The number of nitrogens with zero attached hydrogens (tertiary/aromatic N) is 2. The lowest BCUT2D eigenvalue weighted by atomic mass is 9.90. The highest BCUT2D eigenvalue weighted by molar-refractivity contribution is 6.07. The van der Waals surface area contributed by atoms with Crippen molar-refractivity contribution in [2.24, 2.45) is 0 Å². The molecule has 0 aliphatic carbocycles. The van der Waals surface area contributed by atoms with Crippen molar-refractivity contribution in [3.63, 3.8) is 0 Å². The number of hydrogen-bond donors (Lipinski definition) is 0. The maximum atomic E-state index is 9.89. The van der Waals surface area contributed by atoms with Gasteiger partial charge in [0.2, 0.25) is 0 Å². The summed E-state index contributed by atoms with van der Waals surface area (Å²) < 4.78 is 12.3. The van der Waals surface area contributed by atoms with Crippen LogP contribution in [0.25, 0.3) is 88.4 Å². The molecule has 0 saturated heterocycles. The first kappa shape index (κ1) is 27.4. The standard InChI is InChI=1S/C44H24N2O2/c45-25-31-9-6-10-32(26-46)44(31)30-8-5-7-27(19-30)33-20-34(28-15-17-42-38(23-28)36-11-1-3-13-40(36)47-42)22-35(21-33)29-16-18-43-39(24-29)37-12-2-4-14-41(37)48-43/h1-24H. The molecular weight excluding hydrogens is 588 g/mol. The molecule has 2 aromatic heterocycles. The van der Waals surface area contributed by atoms with Gasteiger partial charge in [0.25, 0.3) is 0 Å². The molecule has 222 valence electrons. The molecule has 0 amide bonds. The van der Waals surface area contributed by atoms with E-state index in [4.69, 9.17) is 8.83 Å². The van der Waals surface area contributed by atoms with Crippen LogP contribution in [0.3, 0.4) is 0 Å². The Labute approximate surface area is 275 Å². The molecule has 9 aromatic rings. The van der Waals surface area contributed by atoms with Crippen LogP contribution in [0.15, 0.2) is 154 Å². The Morgan fingerprint density at radius 2 is 0.750 bits per heavy atom. The quantitative estimate of drug-likeness (QED) is 0.198. The van der Waals surface area contributed by atoms with Gasteiger partial charge >= 0.3 is 0 Å². The Hall–Kier alpha value is -6.88. The van der Waals surface area contributed by atoms with Crippen LogP contribution in [-0.2, 0) is 0 Å². The number of para-hydroxylation sites is 2. The monoisotopic (exact) mass is 612 g/mol. The fourth-order valence-corrected chi connectivity index (χ4v) is 6.84. The molecule has 48 heavy (non-hydrogen) atoms. The van der Waals surface area contributed by atoms with E-state index in [9.17, 15) is 10.5 Å². The van der Waals surface area contributed by atoms with E-state index in [0.717, 1.165) is 82.8 Å². The molecule has 0 aliphatic rings. The lowest BCUT2D eigenvalue weighted by Crippen LogP contribution is -1.91. The number of furan rings is 2. The van der Waals surface area contributed by atoms with Gasteiger partial charge in [0.05, 0.1) is 23.3 Å². The number of fused-ring (bicyclic) bond motifs is 6. The Balaban J connectivity index is 1.26. The number of benzene rings is 7. The molecule has 0 radical (unpaired) electrons. The zero-order valence-corrected chi connectivity index (χ0v) is 25.6. The molecule has 0 unspecified atom stereocenters. The minimum Gasteiger partial charge on any atom is -0.456 e. The van der Waals surface area contributed by atoms with Crippen LogP contribution in [0.1, 0.15) is 11.1 Å². The van der Waals surface area contributed by atoms with Gasteiger partial charge in [0.15, 0.2) is 0 Å². The topological polar surface area (TPSA) is 73.9 Å². The summed E-state index contributed by atoms with van der Waals surface area (Å²) in [5.41, 5.74) is 12.1. The third kappa shape index (κ3) is 4.44. The summed E-state index contributed by atoms with van der Waals surface area (Å²) in [6.45, 7) is 0. The summed E-state index contributed by atoms with van der Waals surface area (Å²) in [6, 6.07) is 53.5. The summed E-state index contributed by atoms with van der Waals surface area (Å²) >= 11 is 0. The average molecular weight is 613 g/mol. The van der Waals surface area contributed by atoms with Crippen LogP contribution in [0.2, 0.25) is 0 Å². The molecular formula is C44H24N2O2. The lowest BCUT2D eigenvalue weighted by Gasteiger charge is -2.13. The summed E-state index contributed by atoms with van der Waals surface area (Å²) in [5, 5.41) is 24.1.